The molecule has 0 unspecified atom stereocenters. The highest BCUT2D eigenvalue weighted by Gasteiger charge is 2.22. The highest BCUT2D eigenvalue weighted by Crippen LogP contribution is 2.33. The summed E-state index contributed by atoms with van der Waals surface area (Å²) in [5.41, 5.74) is 6.39. The molecule has 1 aliphatic rings. The number of carbonyl (C=O) groups excluding carboxylic acids is 1. The smallest absolute Gasteiger partial charge is 0.260 e. The van der Waals surface area contributed by atoms with Gasteiger partial charge < -0.3 is 30.0 Å². The van der Waals surface area contributed by atoms with Crippen LogP contribution in [0.15, 0.2) is 42.6 Å². The first kappa shape index (κ1) is 22.2. The standard InChI is InChI=1S/C22H18ClFN4O5/c1-30-21(26)13-7-12(8-27-20(13)25)28-22(29)18-14(23)3-5-16(19(18)24)31-9-11-2-4-15-17(6-11)33-10-32-15/h2-8,26H,9-10H2,1H3,(H2,25,27)(H,28,29). The number of fused-ring (bicyclic) bond motifs is 1. The maximum atomic E-state index is 15.1. The van der Waals surface area contributed by atoms with Crippen molar-refractivity contribution in [3.8, 4) is 17.2 Å². The van der Waals surface area contributed by atoms with Gasteiger partial charge in [-0.05, 0) is 35.9 Å². The van der Waals surface area contributed by atoms with E-state index in [1.54, 1.807) is 18.2 Å². The first-order valence-corrected chi connectivity index (χ1v) is 9.94. The molecule has 1 amide bonds. The Bertz CT molecular complexity index is 1250. The predicted octanol–water partition coefficient (Wildman–Crippen LogP) is 3.99. The molecule has 9 nitrogen and oxygen atoms in total. The first-order valence-electron chi connectivity index (χ1n) is 9.56. The SMILES string of the molecule is COC(=N)c1cc(NC(=O)c2c(Cl)ccc(OCc3ccc4c(c3)OCO4)c2F)cnc1N. The first-order chi connectivity index (χ1) is 15.9. The van der Waals surface area contributed by atoms with Gasteiger partial charge in [0.05, 0.1) is 35.1 Å². The van der Waals surface area contributed by atoms with Crippen LogP contribution < -0.4 is 25.3 Å². The molecule has 0 saturated heterocycles. The van der Waals surface area contributed by atoms with Crippen LogP contribution >= 0.6 is 11.6 Å². The lowest BCUT2D eigenvalue weighted by Crippen LogP contribution is -2.16. The molecule has 33 heavy (non-hydrogen) atoms. The fourth-order valence-electron chi connectivity index (χ4n) is 3.07. The number of ether oxygens (including phenoxy) is 4. The number of hydrogen-bond donors (Lipinski definition) is 3. The average Bonchev–Trinajstić information content (AvgIpc) is 3.27. The minimum atomic E-state index is -0.922. The summed E-state index contributed by atoms with van der Waals surface area (Å²) in [4.78, 5) is 16.7. The largest absolute Gasteiger partial charge is 0.486 e. The highest BCUT2D eigenvalue weighted by atomic mass is 35.5. The topological polar surface area (TPSA) is 129 Å². The number of nitrogens with zero attached hydrogens (tertiary/aromatic N) is 1. The molecule has 0 fully saturated rings. The van der Waals surface area contributed by atoms with E-state index in [1.165, 1.54) is 31.5 Å². The number of benzene rings is 2. The molecule has 11 heteroatoms. The number of carbonyl (C=O) groups is 1. The van der Waals surface area contributed by atoms with Crippen molar-refractivity contribution in [3.05, 3.63) is 70.1 Å². The van der Waals surface area contributed by atoms with Crippen LogP contribution in [0.4, 0.5) is 15.9 Å². The van der Waals surface area contributed by atoms with Gasteiger partial charge in [-0.15, -0.1) is 0 Å². The third kappa shape index (κ3) is 4.60. The van der Waals surface area contributed by atoms with Crippen LogP contribution in [-0.4, -0.2) is 30.7 Å². The Morgan fingerprint density at radius 2 is 2.06 bits per heavy atom. The summed E-state index contributed by atoms with van der Waals surface area (Å²) < 4.78 is 36.1. The summed E-state index contributed by atoms with van der Waals surface area (Å²) in [7, 11) is 1.30. The average molecular weight is 473 g/mol. The second kappa shape index (κ2) is 9.21. The summed E-state index contributed by atoms with van der Waals surface area (Å²) in [6.45, 7) is 0.169. The monoisotopic (exact) mass is 472 g/mol. The fraction of sp³-hybridized carbons (Fsp3) is 0.136. The van der Waals surface area contributed by atoms with Gasteiger partial charge >= 0.3 is 0 Å². The Hall–Kier alpha value is -4.05. The van der Waals surface area contributed by atoms with Crippen LogP contribution in [0.25, 0.3) is 0 Å². The van der Waals surface area contributed by atoms with E-state index in [-0.39, 0.29) is 47.1 Å². The van der Waals surface area contributed by atoms with E-state index in [0.29, 0.717) is 11.5 Å². The van der Waals surface area contributed by atoms with Crippen molar-refractivity contribution in [1.82, 2.24) is 4.98 Å². The maximum absolute atomic E-state index is 15.1. The van der Waals surface area contributed by atoms with Crippen LogP contribution in [0.1, 0.15) is 21.5 Å². The van der Waals surface area contributed by atoms with Crippen LogP contribution in [0.3, 0.4) is 0 Å². The number of pyridine rings is 1. The van der Waals surface area contributed by atoms with Crippen molar-refractivity contribution in [2.24, 2.45) is 0 Å². The van der Waals surface area contributed by atoms with Crippen molar-refractivity contribution in [1.29, 1.82) is 5.41 Å². The molecule has 0 bridgehead atoms. The summed E-state index contributed by atoms with van der Waals surface area (Å²) >= 11 is 6.10. The zero-order valence-electron chi connectivity index (χ0n) is 17.3. The lowest BCUT2D eigenvalue weighted by molar-refractivity contribution is 0.102. The second-order valence-electron chi connectivity index (χ2n) is 6.85. The minimum Gasteiger partial charge on any atom is -0.486 e. The van der Waals surface area contributed by atoms with E-state index in [4.69, 9.17) is 41.7 Å². The third-order valence-corrected chi connectivity index (χ3v) is 5.05. The van der Waals surface area contributed by atoms with Gasteiger partial charge in [0.15, 0.2) is 23.1 Å². The Labute approximate surface area is 192 Å². The molecule has 4 rings (SSSR count). The number of rotatable bonds is 6. The number of hydrogen-bond acceptors (Lipinski definition) is 8. The molecule has 1 aromatic heterocycles. The molecule has 4 N–H and O–H groups in total. The molecule has 3 aromatic rings. The molecule has 2 aromatic carbocycles. The number of aromatic nitrogens is 1. The van der Waals surface area contributed by atoms with Crippen LogP contribution in [0.5, 0.6) is 17.2 Å². The molecule has 0 radical (unpaired) electrons. The van der Waals surface area contributed by atoms with E-state index in [9.17, 15) is 4.79 Å². The van der Waals surface area contributed by atoms with E-state index in [1.807, 2.05) is 0 Å². The summed E-state index contributed by atoms with van der Waals surface area (Å²) in [6, 6.07) is 9.31. The summed E-state index contributed by atoms with van der Waals surface area (Å²) in [5, 5.41) is 10.1. The molecular weight excluding hydrogens is 455 g/mol. The Morgan fingerprint density at radius 3 is 2.85 bits per heavy atom. The Kier molecular flexibility index (Phi) is 6.18. The minimum absolute atomic E-state index is 0.0284. The van der Waals surface area contributed by atoms with E-state index < -0.39 is 17.3 Å². The van der Waals surface area contributed by atoms with Gasteiger partial charge in [-0.1, -0.05) is 17.7 Å². The predicted molar refractivity (Wildman–Crippen MR) is 119 cm³/mol. The normalized spacial score (nSPS) is 11.7. The maximum Gasteiger partial charge on any atom is 0.260 e. The molecular formula is C22H18ClFN4O5. The highest BCUT2D eigenvalue weighted by molar-refractivity contribution is 6.34. The quantitative estimate of drug-likeness (QED) is 0.365. The molecule has 0 spiro atoms. The lowest BCUT2D eigenvalue weighted by atomic mass is 10.1. The van der Waals surface area contributed by atoms with Crippen molar-refractivity contribution >= 4 is 34.9 Å². The number of amides is 1. The Morgan fingerprint density at radius 1 is 1.27 bits per heavy atom. The Balaban J connectivity index is 1.53. The van der Waals surface area contributed by atoms with Crippen molar-refractivity contribution < 1.29 is 28.1 Å². The van der Waals surface area contributed by atoms with Crippen molar-refractivity contribution in [2.75, 3.05) is 25.0 Å². The third-order valence-electron chi connectivity index (χ3n) is 4.74. The molecule has 0 atom stereocenters. The molecule has 1 aliphatic heterocycles. The van der Waals surface area contributed by atoms with Gasteiger partial charge in [0.1, 0.15) is 12.4 Å². The summed E-state index contributed by atoms with van der Waals surface area (Å²) in [6.07, 6.45) is 1.27. The number of nitrogens with one attached hydrogen (secondary N) is 2. The molecule has 170 valence electrons. The zero-order chi connectivity index (χ0) is 23.5. The number of anilines is 2. The molecule has 2 heterocycles. The molecule has 0 saturated carbocycles. The van der Waals surface area contributed by atoms with E-state index >= 15 is 4.39 Å². The zero-order valence-corrected chi connectivity index (χ0v) is 18.0. The van der Waals surface area contributed by atoms with Crippen molar-refractivity contribution in [2.45, 2.75) is 6.61 Å². The fourth-order valence-corrected chi connectivity index (χ4v) is 3.31. The van der Waals surface area contributed by atoms with Gasteiger partial charge in [0.2, 0.25) is 12.7 Å². The van der Waals surface area contributed by atoms with Crippen LogP contribution in [0, 0.1) is 11.2 Å². The lowest BCUT2D eigenvalue weighted by Gasteiger charge is -2.13. The van der Waals surface area contributed by atoms with E-state index in [2.05, 4.69) is 10.3 Å². The number of halogens is 2. The van der Waals surface area contributed by atoms with Crippen LogP contribution in [-0.2, 0) is 11.3 Å². The number of nitrogen functional groups attached to an aromatic ring is 1. The second-order valence-corrected chi connectivity index (χ2v) is 7.26. The van der Waals surface area contributed by atoms with Gasteiger partial charge in [0, 0.05) is 0 Å². The van der Waals surface area contributed by atoms with Gasteiger partial charge in [-0.25, -0.2) is 9.37 Å². The number of methoxy groups -OCH3 is 1. The van der Waals surface area contributed by atoms with Gasteiger partial charge in [-0.2, -0.15) is 0 Å². The number of nitrogens with two attached hydrogens (primary N) is 1. The van der Waals surface area contributed by atoms with Crippen molar-refractivity contribution in [3.63, 3.8) is 0 Å². The van der Waals surface area contributed by atoms with Crippen LogP contribution in [0.2, 0.25) is 5.02 Å². The van der Waals surface area contributed by atoms with E-state index in [0.717, 1.165) is 5.56 Å². The van der Waals surface area contributed by atoms with Gasteiger partial charge in [-0.3, -0.25) is 10.2 Å². The summed E-state index contributed by atoms with van der Waals surface area (Å²) in [5.74, 6) is -0.898. The van der Waals surface area contributed by atoms with Gasteiger partial charge in [0.25, 0.3) is 5.91 Å². The molecule has 0 aliphatic carbocycles.